The maximum Gasteiger partial charge on any atom is 0.411 e. The van der Waals surface area contributed by atoms with Gasteiger partial charge >= 0.3 is 12.1 Å². The van der Waals surface area contributed by atoms with Gasteiger partial charge in [0.1, 0.15) is 11.6 Å². The number of carbonyl (C=O) groups excluding carboxylic acids is 2. The van der Waals surface area contributed by atoms with Crippen molar-refractivity contribution < 1.29 is 19.1 Å². The smallest absolute Gasteiger partial charge is 0.411 e. The lowest BCUT2D eigenvalue weighted by molar-refractivity contribution is -0.150. The Kier molecular flexibility index (Phi) is 5.35. The van der Waals surface area contributed by atoms with Gasteiger partial charge in [-0.15, -0.1) is 0 Å². The Balaban J connectivity index is 2.06. The van der Waals surface area contributed by atoms with Gasteiger partial charge in [-0.3, -0.25) is 4.90 Å². The van der Waals surface area contributed by atoms with Crippen LogP contribution in [0, 0.1) is 11.8 Å². The van der Waals surface area contributed by atoms with Crippen LogP contribution in [0.3, 0.4) is 0 Å². The number of rotatable bonds is 4. The van der Waals surface area contributed by atoms with Crippen molar-refractivity contribution in [3.8, 4) is 0 Å². The van der Waals surface area contributed by atoms with Crippen molar-refractivity contribution in [1.82, 2.24) is 4.90 Å². The molecule has 0 aromatic carbocycles. The summed E-state index contributed by atoms with van der Waals surface area (Å²) >= 11 is 0. The van der Waals surface area contributed by atoms with Crippen LogP contribution < -0.4 is 0 Å². The van der Waals surface area contributed by atoms with Crippen molar-refractivity contribution in [1.29, 1.82) is 0 Å². The summed E-state index contributed by atoms with van der Waals surface area (Å²) in [6, 6.07) is -0.459. The van der Waals surface area contributed by atoms with E-state index < -0.39 is 11.6 Å². The summed E-state index contributed by atoms with van der Waals surface area (Å²) in [5.74, 6) is 0.395. The molecule has 1 aliphatic carbocycles. The molecular weight excluding hydrogens is 282 g/mol. The van der Waals surface area contributed by atoms with Gasteiger partial charge in [-0.25, -0.2) is 9.59 Å². The van der Waals surface area contributed by atoms with Crippen LogP contribution in [0.2, 0.25) is 0 Å². The zero-order valence-corrected chi connectivity index (χ0v) is 14.3. The molecule has 2 fully saturated rings. The van der Waals surface area contributed by atoms with E-state index in [0.29, 0.717) is 19.1 Å². The number of esters is 1. The van der Waals surface area contributed by atoms with E-state index in [0.717, 1.165) is 32.1 Å². The Morgan fingerprint density at radius 3 is 2.59 bits per heavy atom. The second-order valence-electron chi connectivity index (χ2n) is 7.45. The standard InChI is InChI=1S/C17H29NO4/c1-5-6-10-21-15(19)14-13-9-7-8-12(13)11-18(14)16(20)22-17(2,3)4/h12-14H,5-11H2,1-4H3/t12-,13-,14-/m0/s1. The number of unbranched alkanes of at least 4 members (excludes halogenated alkanes) is 1. The highest BCUT2D eigenvalue weighted by molar-refractivity contribution is 5.82. The molecule has 2 rings (SSSR count). The molecule has 1 aliphatic heterocycles. The highest BCUT2D eigenvalue weighted by Crippen LogP contribution is 2.43. The third kappa shape index (κ3) is 3.93. The van der Waals surface area contributed by atoms with E-state index >= 15 is 0 Å². The average molecular weight is 311 g/mol. The molecule has 3 atom stereocenters. The van der Waals surface area contributed by atoms with Gasteiger partial charge in [0.15, 0.2) is 0 Å². The van der Waals surface area contributed by atoms with Crippen molar-refractivity contribution in [2.75, 3.05) is 13.2 Å². The molecule has 1 heterocycles. The summed E-state index contributed by atoms with van der Waals surface area (Å²) in [7, 11) is 0. The normalized spacial score (nSPS) is 27.6. The first kappa shape index (κ1) is 17.1. The molecule has 0 aromatic rings. The van der Waals surface area contributed by atoms with Crippen LogP contribution in [0.25, 0.3) is 0 Å². The molecule has 1 saturated heterocycles. The lowest BCUT2D eigenvalue weighted by Crippen LogP contribution is -2.46. The quantitative estimate of drug-likeness (QED) is 0.590. The number of ether oxygens (including phenoxy) is 2. The van der Waals surface area contributed by atoms with Gasteiger partial charge in [0.05, 0.1) is 6.61 Å². The monoisotopic (exact) mass is 311 g/mol. The van der Waals surface area contributed by atoms with Gasteiger partial charge in [0, 0.05) is 6.54 Å². The van der Waals surface area contributed by atoms with Gasteiger partial charge in [0.25, 0.3) is 0 Å². The summed E-state index contributed by atoms with van der Waals surface area (Å²) in [5.41, 5.74) is -0.550. The Labute approximate surface area is 133 Å². The average Bonchev–Trinajstić information content (AvgIpc) is 2.96. The van der Waals surface area contributed by atoms with E-state index in [1.807, 2.05) is 20.8 Å². The number of nitrogens with zero attached hydrogens (tertiary/aromatic N) is 1. The van der Waals surface area contributed by atoms with Crippen LogP contribution in [0.4, 0.5) is 4.79 Å². The molecule has 0 radical (unpaired) electrons. The number of hydrogen-bond acceptors (Lipinski definition) is 4. The molecule has 126 valence electrons. The van der Waals surface area contributed by atoms with Crippen molar-refractivity contribution in [2.45, 2.75) is 71.4 Å². The van der Waals surface area contributed by atoms with E-state index in [2.05, 4.69) is 6.92 Å². The van der Waals surface area contributed by atoms with Crippen molar-refractivity contribution in [3.05, 3.63) is 0 Å². The van der Waals surface area contributed by atoms with Crippen LogP contribution in [-0.2, 0) is 14.3 Å². The van der Waals surface area contributed by atoms with Gasteiger partial charge in [-0.05, 0) is 51.9 Å². The van der Waals surface area contributed by atoms with Crippen LogP contribution in [0.15, 0.2) is 0 Å². The fourth-order valence-corrected chi connectivity index (χ4v) is 3.52. The maximum absolute atomic E-state index is 12.5. The summed E-state index contributed by atoms with van der Waals surface area (Å²) in [5, 5.41) is 0. The van der Waals surface area contributed by atoms with Crippen molar-refractivity contribution in [2.24, 2.45) is 11.8 Å². The summed E-state index contributed by atoms with van der Waals surface area (Å²) in [4.78, 5) is 26.5. The Bertz CT molecular complexity index is 415. The van der Waals surface area contributed by atoms with Gasteiger partial charge < -0.3 is 9.47 Å². The lowest BCUT2D eigenvalue weighted by atomic mass is 9.94. The van der Waals surface area contributed by atoms with Crippen LogP contribution in [0.5, 0.6) is 0 Å². The first-order valence-corrected chi connectivity index (χ1v) is 8.49. The molecule has 0 unspecified atom stereocenters. The van der Waals surface area contributed by atoms with Crippen molar-refractivity contribution >= 4 is 12.1 Å². The minimum absolute atomic E-state index is 0.238. The Morgan fingerprint density at radius 2 is 1.95 bits per heavy atom. The number of amides is 1. The first-order chi connectivity index (χ1) is 10.3. The number of carbonyl (C=O) groups is 2. The first-order valence-electron chi connectivity index (χ1n) is 8.49. The zero-order valence-electron chi connectivity index (χ0n) is 14.3. The van der Waals surface area contributed by atoms with E-state index in [4.69, 9.17) is 9.47 Å². The number of likely N-dealkylation sites (tertiary alicyclic amines) is 1. The zero-order chi connectivity index (χ0) is 16.3. The summed E-state index contributed by atoms with van der Waals surface area (Å²) in [6.07, 6.45) is 4.68. The second-order valence-corrected chi connectivity index (χ2v) is 7.45. The second kappa shape index (κ2) is 6.88. The molecule has 5 nitrogen and oxygen atoms in total. The molecule has 1 amide bonds. The lowest BCUT2D eigenvalue weighted by Gasteiger charge is -2.29. The van der Waals surface area contributed by atoms with E-state index in [1.165, 1.54) is 0 Å². The highest BCUT2D eigenvalue weighted by atomic mass is 16.6. The molecule has 22 heavy (non-hydrogen) atoms. The predicted octanol–water partition coefficient (Wildman–Crippen LogP) is 3.37. The Hall–Kier alpha value is -1.26. The van der Waals surface area contributed by atoms with Gasteiger partial charge in [-0.1, -0.05) is 19.8 Å². The van der Waals surface area contributed by atoms with Crippen molar-refractivity contribution in [3.63, 3.8) is 0 Å². The maximum atomic E-state index is 12.5. The minimum atomic E-state index is -0.550. The molecule has 0 spiro atoms. The van der Waals surface area contributed by atoms with Gasteiger partial charge in [0.2, 0.25) is 0 Å². The fraction of sp³-hybridized carbons (Fsp3) is 0.882. The molecule has 0 aromatic heterocycles. The predicted molar refractivity (Wildman–Crippen MR) is 83.4 cm³/mol. The summed E-state index contributed by atoms with van der Waals surface area (Å²) < 4.78 is 10.9. The third-order valence-corrected chi connectivity index (χ3v) is 4.50. The molecule has 0 N–H and O–H groups in total. The van der Waals surface area contributed by atoms with E-state index in [1.54, 1.807) is 4.90 Å². The van der Waals surface area contributed by atoms with Crippen LogP contribution in [0.1, 0.15) is 59.8 Å². The Morgan fingerprint density at radius 1 is 1.23 bits per heavy atom. The number of hydrogen-bond donors (Lipinski definition) is 0. The fourth-order valence-electron chi connectivity index (χ4n) is 3.52. The number of fused-ring (bicyclic) bond motifs is 1. The van der Waals surface area contributed by atoms with Gasteiger partial charge in [-0.2, -0.15) is 0 Å². The molecule has 1 saturated carbocycles. The van der Waals surface area contributed by atoms with Crippen LogP contribution in [-0.4, -0.2) is 41.8 Å². The topological polar surface area (TPSA) is 55.8 Å². The van der Waals surface area contributed by atoms with Crippen LogP contribution >= 0.6 is 0 Å². The third-order valence-electron chi connectivity index (χ3n) is 4.50. The van der Waals surface area contributed by atoms with E-state index in [-0.39, 0.29) is 18.0 Å². The summed E-state index contributed by atoms with van der Waals surface area (Å²) in [6.45, 7) is 8.64. The molecule has 2 aliphatic rings. The molecule has 5 heteroatoms. The largest absolute Gasteiger partial charge is 0.464 e. The molecular formula is C17H29NO4. The molecule has 0 bridgehead atoms. The highest BCUT2D eigenvalue weighted by Gasteiger charge is 2.51. The minimum Gasteiger partial charge on any atom is -0.464 e. The van der Waals surface area contributed by atoms with E-state index in [9.17, 15) is 9.59 Å². The SMILES string of the molecule is CCCCOC(=O)[C@@H]1[C@H]2CCC[C@H]2CN1C(=O)OC(C)(C)C.